The summed E-state index contributed by atoms with van der Waals surface area (Å²) in [7, 11) is 0. The minimum Gasteiger partial charge on any atom is -0.445 e. The molecular weight excluding hydrogens is 188 g/mol. The molecule has 14 heavy (non-hydrogen) atoms. The Morgan fingerprint density at radius 2 is 1.57 bits per heavy atom. The zero-order chi connectivity index (χ0) is 10.8. The molecule has 0 unspecified atom stereocenters. The zero-order valence-electron chi connectivity index (χ0n) is 8.10. The summed E-state index contributed by atoms with van der Waals surface area (Å²) in [6.07, 6.45) is 1.84. The van der Waals surface area contributed by atoms with Gasteiger partial charge in [-0.05, 0) is 19.4 Å². The van der Waals surface area contributed by atoms with Gasteiger partial charge in [-0.1, -0.05) is 35.9 Å². The van der Waals surface area contributed by atoms with E-state index in [1.165, 1.54) is 12.1 Å². The van der Waals surface area contributed by atoms with Crippen molar-refractivity contribution in [2.75, 3.05) is 0 Å². The molecule has 0 spiro atoms. The van der Waals surface area contributed by atoms with Gasteiger partial charge in [0, 0.05) is 0 Å². The number of hydrogen-bond donors (Lipinski definition) is 0. The van der Waals surface area contributed by atoms with E-state index in [1.807, 2.05) is 19.9 Å². The molecule has 76 valence electrons. The third-order valence-corrected chi connectivity index (χ3v) is 1.77. The Morgan fingerprint density at radius 1 is 1.07 bits per heavy atom. The molecule has 0 bridgehead atoms. The fraction of sp³-hybridized carbons (Fsp3) is 0.200. The average molecular weight is 199 g/mol. The summed E-state index contributed by atoms with van der Waals surface area (Å²) >= 11 is 0. The van der Waals surface area contributed by atoms with Crippen LogP contribution < -0.4 is 5.46 Å². The second kappa shape index (κ2) is 3.90. The smallest absolute Gasteiger partial charge is 0.445 e. The quantitative estimate of drug-likeness (QED) is 0.641. The highest BCUT2D eigenvalue weighted by Gasteiger charge is 2.24. The third-order valence-electron chi connectivity index (χ3n) is 1.77. The van der Waals surface area contributed by atoms with Crippen molar-refractivity contribution < 1.29 is 12.9 Å². The summed E-state index contributed by atoms with van der Waals surface area (Å²) in [5.41, 5.74) is 1.32. The number of halogens is 3. The van der Waals surface area contributed by atoms with Crippen LogP contribution in [0.5, 0.6) is 0 Å². The van der Waals surface area contributed by atoms with Crippen LogP contribution >= 0.6 is 0 Å². The van der Waals surface area contributed by atoms with Gasteiger partial charge in [0.15, 0.2) is 0 Å². The Hall–Kier alpha value is -1.19. The highest BCUT2D eigenvalue weighted by molar-refractivity contribution is 6.73. The molecule has 0 radical (unpaired) electrons. The molecule has 0 aliphatic rings. The summed E-state index contributed by atoms with van der Waals surface area (Å²) in [4.78, 5) is 0. The van der Waals surface area contributed by atoms with Gasteiger partial charge in [-0.3, -0.25) is 0 Å². The average Bonchev–Trinajstić information content (AvgIpc) is 2.02. The lowest BCUT2D eigenvalue weighted by Gasteiger charge is -2.14. The summed E-state index contributed by atoms with van der Waals surface area (Å²) in [5.74, 6) is 0. The lowest BCUT2D eigenvalue weighted by atomic mass is 9.80. The van der Waals surface area contributed by atoms with E-state index in [1.54, 1.807) is 0 Å². The minimum absolute atomic E-state index is 0.545. The summed E-state index contributed by atoms with van der Waals surface area (Å²) < 4.78 is 36.7. The molecule has 0 aliphatic carbocycles. The summed E-state index contributed by atoms with van der Waals surface area (Å²) in [6, 6.07) is 5.21. The largest absolute Gasteiger partial charge is 0.509 e. The van der Waals surface area contributed by atoms with Gasteiger partial charge in [0.1, 0.15) is 0 Å². The molecule has 0 atom stereocenters. The van der Waals surface area contributed by atoms with E-state index >= 15 is 0 Å². The third kappa shape index (κ3) is 2.94. The lowest BCUT2D eigenvalue weighted by Crippen LogP contribution is -2.33. The van der Waals surface area contributed by atoms with Crippen molar-refractivity contribution in [3.8, 4) is 0 Å². The fourth-order valence-corrected chi connectivity index (χ4v) is 1.14. The van der Waals surface area contributed by atoms with Crippen LogP contribution in [0.25, 0.3) is 6.08 Å². The molecule has 1 rings (SSSR count). The first kappa shape index (κ1) is 10.9. The molecule has 0 N–H and O–H groups in total. The maximum atomic E-state index is 12.2. The van der Waals surface area contributed by atoms with Crippen molar-refractivity contribution in [3.05, 3.63) is 35.4 Å². The maximum Gasteiger partial charge on any atom is 0.509 e. The summed E-state index contributed by atoms with van der Waals surface area (Å²) in [5, 5.41) is 0. The van der Waals surface area contributed by atoms with Crippen LogP contribution in [-0.2, 0) is 0 Å². The van der Waals surface area contributed by atoms with E-state index in [4.69, 9.17) is 0 Å². The predicted octanol–water partition coefficient (Wildman–Crippen LogP) is 3.16. The van der Waals surface area contributed by atoms with Crippen molar-refractivity contribution in [1.82, 2.24) is 0 Å². The number of rotatable bonds is 2. The van der Waals surface area contributed by atoms with E-state index in [0.717, 1.165) is 23.3 Å². The second-order valence-electron chi connectivity index (χ2n) is 3.46. The van der Waals surface area contributed by atoms with Gasteiger partial charge in [0.2, 0.25) is 0 Å². The molecule has 0 fully saturated rings. The first-order valence-corrected chi connectivity index (χ1v) is 4.34. The normalized spacial score (nSPS) is 11.2. The number of allylic oxidation sites excluding steroid dienone is 1. The molecule has 4 heteroatoms. The highest BCUT2D eigenvalue weighted by Crippen LogP contribution is 2.11. The molecule has 0 heterocycles. The van der Waals surface area contributed by atoms with E-state index < -0.39 is 12.4 Å². The molecule has 0 amide bonds. The summed E-state index contributed by atoms with van der Waals surface area (Å²) in [6.45, 7) is -1.05. The Balaban J connectivity index is 2.95. The van der Waals surface area contributed by atoms with Gasteiger partial charge in [0.25, 0.3) is 0 Å². The van der Waals surface area contributed by atoms with Crippen LogP contribution in [0.4, 0.5) is 12.9 Å². The van der Waals surface area contributed by atoms with Crippen molar-refractivity contribution in [2.24, 2.45) is 0 Å². The van der Waals surface area contributed by atoms with Gasteiger partial charge in [-0.25, -0.2) is 0 Å². The first-order valence-electron chi connectivity index (χ1n) is 4.34. The van der Waals surface area contributed by atoms with E-state index in [9.17, 15) is 12.9 Å². The molecule has 0 nitrogen and oxygen atoms in total. The van der Waals surface area contributed by atoms with Crippen LogP contribution in [-0.4, -0.2) is 6.98 Å². The van der Waals surface area contributed by atoms with Gasteiger partial charge >= 0.3 is 6.98 Å². The Kier molecular flexibility index (Phi) is 3.04. The van der Waals surface area contributed by atoms with Gasteiger partial charge in [-0.15, -0.1) is 5.46 Å². The van der Waals surface area contributed by atoms with E-state index in [2.05, 4.69) is 0 Å². The van der Waals surface area contributed by atoms with Gasteiger partial charge < -0.3 is 12.9 Å². The zero-order valence-corrected chi connectivity index (χ0v) is 8.10. The number of benzene rings is 1. The van der Waals surface area contributed by atoms with Gasteiger partial charge in [-0.2, -0.15) is 0 Å². The van der Waals surface area contributed by atoms with Crippen molar-refractivity contribution in [2.45, 2.75) is 13.8 Å². The molecule has 1 aromatic carbocycles. The van der Waals surface area contributed by atoms with Gasteiger partial charge in [0.05, 0.1) is 0 Å². The van der Waals surface area contributed by atoms with Crippen LogP contribution in [0.1, 0.15) is 19.4 Å². The predicted molar refractivity (Wildman–Crippen MR) is 54.5 cm³/mol. The van der Waals surface area contributed by atoms with Crippen molar-refractivity contribution in [1.29, 1.82) is 0 Å². The topological polar surface area (TPSA) is 0 Å². The standard InChI is InChI=1S/C10H11BF3/c1-8(2)7-9-3-5-10(6-4-9)11(12,13)14/h3-7H,1-2H3/q-1. The van der Waals surface area contributed by atoms with Crippen LogP contribution in [0, 0.1) is 0 Å². The lowest BCUT2D eigenvalue weighted by molar-refractivity contribution is 0.501. The SMILES string of the molecule is CC(C)=Cc1ccc([B-](F)(F)F)cc1. The first-order chi connectivity index (χ1) is 6.39. The monoisotopic (exact) mass is 199 g/mol. The molecule has 0 saturated carbocycles. The van der Waals surface area contributed by atoms with Crippen molar-refractivity contribution in [3.63, 3.8) is 0 Å². The second-order valence-corrected chi connectivity index (χ2v) is 3.46. The van der Waals surface area contributed by atoms with Crippen LogP contribution in [0.2, 0.25) is 0 Å². The molecule has 1 aromatic rings. The molecule has 0 aliphatic heterocycles. The Morgan fingerprint density at radius 3 is 1.93 bits per heavy atom. The fourth-order valence-electron chi connectivity index (χ4n) is 1.14. The highest BCUT2D eigenvalue weighted by atomic mass is 19.4. The Labute approximate surface area is 81.5 Å². The maximum absolute atomic E-state index is 12.2. The molecule has 0 aromatic heterocycles. The van der Waals surface area contributed by atoms with E-state index in [-0.39, 0.29) is 0 Å². The van der Waals surface area contributed by atoms with Crippen molar-refractivity contribution >= 4 is 18.5 Å². The minimum atomic E-state index is -4.86. The molecular formula is C10H11BF3-. The van der Waals surface area contributed by atoms with Crippen LogP contribution in [0.15, 0.2) is 29.8 Å². The van der Waals surface area contributed by atoms with Crippen LogP contribution in [0.3, 0.4) is 0 Å². The Bertz CT molecular complexity index is 331. The number of hydrogen-bond acceptors (Lipinski definition) is 0. The van der Waals surface area contributed by atoms with E-state index in [0.29, 0.717) is 0 Å². The molecule has 0 saturated heterocycles.